The van der Waals surface area contributed by atoms with Crippen molar-refractivity contribution in [1.29, 1.82) is 0 Å². The van der Waals surface area contributed by atoms with Crippen LogP contribution in [0.25, 0.3) is 0 Å². The predicted octanol–water partition coefficient (Wildman–Crippen LogP) is 2.13. The molecule has 23 heavy (non-hydrogen) atoms. The smallest absolute Gasteiger partial charge is 0.322 e. The lowest BCUT2D eigenvalue weighted by Crippen LogP contribution is -2.42. The van der Waals surface area contributed by atoms with Crippen molar-refractivity contribution in [3.05, 3.63) is 58.6 Å². The second kappa shape index (κ2) is 7.12. The molecular weight excluding hydrogens is 386 g/mol. The number of benzene rings is 2. The number of rotatable bonds is 6. The fourth-order valence-electron chi connectivity index (χ4n) is 1.92. The number of carboxylic acids is 1. The molecule has 0 aliphatic carbocycles. The summed E-state index contributed by atoms with van der Waals surface area (Å²) in [6.07, 6.45) is -0.0363. The van der Waals surface area contributed by atoms with Crippen molar-refractivity contribution in [3.8, 4) is 5.75 Å². The van der Waals surface area contributed by atoms with Gasteiger partial charge in [0.15, 0.2) is 0 Å². The van der Waals surface area contributed by atoms with Crippen LogP contribution in [0.1, 0.15) is 5.56 Å². The second-order valence-corrected chi connectivity index (χ2v) is 7.47. The summed E-state index contributed by atoms with van der Waals surface area (Å²) in [5.41, 5.74) is 0.591. The SMILES string of the molecule is O=C(O)[C@@H](Cc1ccc(O)cc1)NS(=O)(=O)c1ccc(Br)cc1. The third-order valence-electron chi connectivity index (χ3n) is 3.10. The largest absolute Gasteiger partial charge is 0.508 e. The van der Waals surface area contributed by atoms with Gasteiger partial charge >= 0.3 is 5.97 Å². The van der Waals surface area contributed by atoms with Gasteiger partial charge in [-0.2, -0.15) is 4.72 Å². The molecule has 2 rings (SSSR count). The minimum Gasteiger partial charge on any atom is -0.508 e. The standard InChI is InChI=1S/C15H14BrNO5S/c16-11-3-7-13(8-4-11)23(21,22)17-14(15(19)20)9-10-1-5-12(18)6-2-10/h1-8,14,17-18H,9H2,(H,19,20)/t14-/m1/s1. The van der Waals surface area contributed by atoms with Crippen LogP contribution in [0.3, 0.4) is 0 Å². The highest BCUT2D eigenvalue weighted by molar-refractivity contribution is 9.10. The van der Waals surface area contributed by atoms with Crippen LogP contribution in [-0.2, 0) is 21.2 Å². The van der Waals surface area contributed by atoms with Crippen molar-refractivity contribution < 1.29 is 23.4 Å². The molecule has 0 spiro atoms. The molecule has 8 heteroatoms. The third-order valence-corrected chi connectivity index (χ3v) is 5.11. The first-order valence-corrected chi connectivity index (χ1v) is 8.84. The van der Waals surface area contributed by atoms with E-state index in [9.17, 15) is 23.4 Å². The van der Waals surface area contributed by atoms with E-state index in [2.05, 4.69) is 20.7 Å². The molecule has 0 aliphatic heterocycles. The van der Waals surface area contributed by atoms with Gasteiger partial charge < -0.3 is 10.2 Å². The average molecular weight is 400 g/mol. The molecule has 122 valence electrons. The minimum absolute atomic E-state index is 0.0161. The third kappa shape index (κ3) is 4.78. The molecular formula is C15H14BrNO5S. The summed E-state index contributed by atoms with van der Waals surface area (Å²) < 4.78 is 27.5. The zero-order chi connectivity index (χ0) is 17.0. The number of aromatic hydroxyl groups is 1. The van der Waals surface area contributed by atoms with Gasteiger partial charge in [0.05, 0.1) is 4.90 Å². The van der Waals surface area contributed by atoms with Gasteiger partial charge in [-0.3, -0.25) is 4.79 Å². The van der Waals surface area contributed by atoms with Crippen molar-refractivity contribution >= 4 is 31.9 Å². The molecule has 3 N–H and O–H groups in total. The zero-order valence-corrected chi connectivity index (χ0v) is 14.2. The molecule has 0 fully saturated rings. The quantitative estimate of drug-likeness (QED) is 0.689. The van der Waals surface area contributed by atoms with Crippen LogP contribution < -0.4 is 4.72 Å². The molecule has 0 bridgehead atoms. The fourth-order valence-corrected chi connectivity index (χ4v) is 3.37. The Balaban J connectivity index is 2.20. The molecule has 0 heterocycles. The van der Waals surface area contributed by atoms with Crippen LogP contribution in [0.5, 0.6) is 5.75 Å². The molecule has 2 aromatic rings. The number of sulfonamides is 1. The lowest BCUT2D eigenvalue weighted by molar-refractivity contribution is -0.138. The van der Waals surface area contributed by atoms with Crippen LogP contribution >= 0.6 is 15.9 Å². The first-order chi connectivity index (χ1) is 10.8. The molecule has 0 radical (unpaired) electrons. The van der Waals surface area contributed by atoms with Gasteiger partial charge in [-0.1, -0.05) is 28.1 Å². The highest BCUT2D eigenvalue weighted by Crippen LogP contribution is 2.16. The van der Waals surface area contributed by atoms with Crippen molar-refractivity contribution in [2.24, 2.45) is 0 Å². The van der Waals surface area contributed by atoms with Crippen LogP contribution in [-0.4, -0.2) is 30.6 Å². The predicted molar refractivity (Wildman–Crippen MR) is 87.7 cm³/mol. The maximum Gasteiger partial charge on any atom is 0.322 e. The summed E-state index contributed by atoms with van der Waals surface area (Å²) in [6.45, 7) is 0. The van der Waals surface area contributed by atoms with E-state index in [-0.39, 0.29) is 17.1 Å². The fraction of sp³-hybridized carbons (Fsp3) is 0.133. The molecule has 0 aromatic heterocycles. The first kappa shape index (κ1) is 17.5. The minimum atomic E-state index is -3.95. The number of nitrogens with one attached hydrogen (secondary N) is 1. The summed E-state index contributed by atoms with van der Waals surface area (Å²) in [5.74, 6) is -1.23. The Kier molecular flexibility index (Phi) is 5.40. The monoisotopic (exact) mass is 399 g/mol. The van der Waals surface area contributed by atoms with Crippen molar-refractivity contribution in [3.63, 3.8) is 0 Å². The first-order valence-electron chi connectivity index (χ1n) is 6.56. The van der Waals surface area contributed by atoms with Crippen LogP contribution in [0, 0.1) is 0 Å². The number of phenols is 1. The Hall–Kier alpha value is -1.90. The molecule has 0 amide bonds. The maximum atomic E-state index is 12.3. The van der Waals surface area contributed by atoms with Crippen molar-refractivity contribution in [2.75, 3.05) is 0 Å². The molecule has 2 aromatic carbocycles. The summed E-state index contributed by atoms with van der Waals surface area (Å²) in [6, 6.07) is 10.5. The summed E-state index contributed by atoms with van der Waals surface area (Å²) in [5, 5.41) is 18.5. The van der Waals surface area contributed by atoms with E-state index in [1.54, 1.807) is 24.3 Å². The van der Waals surface area contributed by atoms with Gasteiger partial charge in [-0.25, -0.2) is 8.42 Å². The number of aliphatic carboxylic acids is 1. The van der Waals surface area contributed by atoms with Gasteiger partial charge in [-0.15, -0.1) is 0 Å². The molecule has 6 nitrogen and oxygen atoms in total. The number of halogens is 1. The van der Waals surface area contributed by atoms with E-state index >= 15 is 0 Å². The lowest BCUT2D eigenvalue weighted by atomic mass is 10.1. The topological polar surface area (TPSA) is 104 Å². The van der Waals surface area contributed by atoms with Gasteiger partial charge in [0.2, 0.25) is 10.0 Å². The van der Waals surface area contributed by atoms with E-state index in [1.807, 2.05) is 0 Å². The van der Waals surface area contributed by atoms with Gasteiger partial charge in [0, 0.05) is 4.47 Å². The van der Waals surface area contributed by atoms with Gasteiger partial charge in [0.25, 0.3) is 0 Å². The molecule has 0 aliphatic rings. The van der Waals surface area contributed by atoms with Crippen LogP contribution in [0.15, 0.2) is 57.9 Å². The highest BCUT2D eigenvalue weighted by Gasteiger charge is 2.25. The van der Waals surface area contributed by atoms with Gasteiger partial charge in [-0.05, 0) is 48.4 Å². The summed E-state index contributed by atoms with van der Waals surface area (Å²) in [4.78, 5) is 11.3. The number of carbonyl (C=O) groups is 1. The number of phenolic OH excluding ortho intramolecular Hbond substituents is 1. The Morgan fingerprint density at radius 3 is 2.17 bits per heavy atom. The van der Waals surface area contributed by atoms with E-state index in [4.69, 9.17) is 0 Å². The Bertz CT molecular complexity index is 788. The molecule has 0 unspecified atom stereocenters. The Labute approximate surface area is 142 Å². The number of hydrogen-bond donors (Lipinski definition) is 3. The van der Waals surface area contributed by atoms with Crippen molar-refractivity contribution in [2.45, 2.75) is 17.4 Å². The van der Waals surface area contributed by atoms with Gasteiger partial charge in [0.1, 0.15) is 11.8 Å². The molecule has 0 saturated heterocycles. The average Bonchev–Trinajstić information content (AvgIpc) is 2.49. The summed E-state index contributed by atoms with van der Waals surface area (Å²) in [7, 11) is -3.95. The molecule has 1 atom stereocenters. The lowest BCUT2D eigenvalue weighted by Gasteiger charge is -2.15. The van der Waals surface area contributed by atoms with Crippen LogP contribution in [0.4, 0.5) is 0 Å². The maximum absolute atomic E-state index is 12.3. The Morgan fingerprint density at radius 2 is 1.65 bits per heavy atom. The summed E-state index contributed by atoms with van der Waals surface area (Å²) >= 11 is 3.21. The van der Waals surface area contributed by atoms with E-state index in [0.717, 1.165) is 4.47 Å². The van der Waals surface area contributed by atoms with Crippen LogP contribution in [0.2, 0.25) is 0 Å². The molecule has 0 saturated carbocycles. The normalized spacial score (nSPS) is 12.7. The highest BCUT2D eigenvalue weighted by atomic mass is 79.9. The number of carboxylic acid groups (broad SMARTS) is 1. The van der Waals surface area contributed by atoms with Crippen molar-refractivity contribution in [1.82, 2.24) is 4.72 Å². The van der Waals surface area contributed by atoms with E-state index < -0.39 is 22.0 Å². The second-order valence-electron chi connectivity index (χ2n) is 4.84. The number of hydrogen-bond acceptors (Lipinski definition) is 4. The zero-order valence-electron chi connectivity index (χ0n) is 11.8. The van der Waals surface area contributed by atoms with E-state index in [0.29, 0.717) is 5.56 Å². The van der Waals surface area contributed by atoms with E-state index in [1.165, 1.54) is 24.3 Å². The Morgan fingerprint density at radius 1 is 1.09 bits per heavy atom.